The number of ether oxygens (including phenoxy) is 1. The number of fused-ring (bicyclic) bond motifs is 1. The van der Waals surface area contributed by atoms with Crippen LogP contribution >= 0.6 is 22.9 Å². The molecule has 5 nitrogen and oxygen atoms in total. The molecule has 2 aromatic carbocycles. The molecule has 0 spiro atoms. The number of benzene rings is 2. The topological polar surface area (TPSA) is 49.9 Å². The second-order valence-electron chi connectivity index (χ2n) is 8.62. The van der Waals surface area contributed by atoms with Crippen molar-refractivity contribution in [1.29, 1.82) is 0 Å². The Morgan fingerprint density at radius 3 is 2.71 bits per heavy atom. The van der Waals surface area contributed by atoms with E-state index in [2.05, 4.69) is 0 Å². The third kappa shape index (κ3) is 5.85. The summed E-state index contributed by atoms with van der Waals surface area (Å²) in [5.41, 5.74) is 1.31. The largest absolute Gasteiger partial charge is 0.491 e. The van der Waals surface area contributed by atoms with Gasteiger partial charge in [0.05, 0.1) is 6.04 Å². The molecule has 0 bridgehead atoms. The van der Waals surface area contributed by atoms with Crippen molar-refractivity contribution in [2.24, 2.45) is 0 Å². The number of thiophene rings is 1. The molecule has 0 saturated carbocycles. The van der Waals surface area contributed by atoms with Gasteiger partial charge in [0.1, 0.15) is 24.7 Å². The number of hydrogen-bond donors (Lipinski definition) is 0. The fourth-order valence-electron chi connectivity index (χ4n) is 4.25. The fraction of sp³-hybridized carbons (Fsp3) is 0.333. The van der Waals surface area contributed by atoms with E-state index >= 15 is 0 Å². The van der Waals surface area contributed by atoms with E-state index in [-0.39, 0.29) is 42.6 Å². The number of hydrogen-bond acceptors (Lipinski definition) is 4. The Morgan fingerprint density at radius 2 is 2.00 bits per heavy atom. The third-order valence-corrected chi connectivity index (χ3v) is 7.65. The van der Waals surface area contributed by atoms with Crippen LogP contribution in [0.15, 0.2) is 60.0 Å². The van der Waals surface area contributed by atoms with Gasteiger partial charge in [0.25, 0.3) is 5.91 Å². The smallest absolute Gasteiger partial charge is 0.254 e. The first-order valence-electron chi connectivity index (χ1n) is 11.7. The molecule has 0 radical (unpaired) electrons. The van der Waals surface area contributed by atoms with Crippen molar-refractivity contribution in [2.45, 2.75) is 38.8 Å². The monoisotopic (exact) mass is 514 g/mol. The normalized spacial score (nSPS) is 15.9. The zero-order valence-electron chi connectivity index (χ0n) is 19.7. The van der Waals surface area contributed by atoms with E-state index in [1.54, 1.807) is 46.6 Å². The molecule has 0 saturated heterocycles. The summed E-state index contributed by atoms with van der Waals surface area (Å²) in [6.45, 7) is 4.62. The maximum Gasteiger partial charge on any atom is 0.254 e. The van der Waals surface area contributed by atoms with Gasteiger partial charge in [-0.2, -0.15) is 0 Å². The Hall–Kier alpha value is -2.90. The summed E-state index contributed by atoms with van der Waals surface area (Å²) in [6.07, 6.45) is 1.43. The highest BCUT2D eigenvalue weighted by Gasteiger charge is 2.34. The van der Waals surface area contributed by atoms with E-state index in [0.717, 1.165) is 12.0 Å². The van der Waals surface area contributed by atoms with Crippen molar-refractivity contribution in [3.63, 3.8) is 0 Å². The minimum Gasteiger partial charge on any atom is -0.491 e. The van der Waals surface area contributed by atoms with E-state index in [1.165, 1.54) is 28.0 Å². The molecule has 0 aliphatic carbocycles. The van der Waals surface area contributed by atoms with E-state index < -0.39 is 5.82 Å². The number of nitrogens with zero attached hydrogens (tertiary/aromatic N) is 2. The Balaban J connectivity index is 1.54. The molecule has 0 N–H and O–H groups in total. The number of carbonyl (C=O) groups excluding carboxylic acids is 2. The maximum atomic E-state index is 13.8. The lowest BCUT2D eigenvalue weighted by Crippen LogP contribution is -2.49. The zero-order valence-corrected chi connectivity index (χ0v) is 21.3. The average Bonchev–Trinajstić information content (AvgIpc) is 3.35. The van der Waals surface area contributed by atoms with Gasteiger partial charge in [-0.1, -0.05) is 24.6 Å². The van der Waals surface area contributed by atoms with Crippen LogP contribution in [0.2, 0.25) is 5.02 Å². The molecular formula is C27H28ClFN2O3S. The van der Waals surface area contributed by atoms with E-state index in [1.807, 2.05) is 25.3 Å². The van der Waals surface area contributed by atoms with Crippen LogP contribution < -0.4 is 4.74 Å². The van der Waals surface area contributed by atoms with Crippen molar-refractivity contribution < 1.29 is 18.7 Å². The first kappa shape index (κ1) is 25.2. The van der Waals surface area contributed by atoms with Gasteiger partial charge in [-0.25, -0.2) is 4.39 Å². The standard InChI is InChI=1S/C27H28ClFN2O3S/c1-3-18(2)31(27(33)19-5-4-6-21(29)15-19)16-26(32)30-13-11-25-23(12-14-35-25)24(30)17-34-22-9-7-20(28)8-10-22/h4-10,12,14-15,18,24H,3,11,13,16-17H2,1-2H3/t18-,24+/m1/s1. The van der Waals surface area contributed by atoms with Gasteiger partial charge in [-0.15, -0.1) is 11.3 Å². The van der Waals surface area contributed by atoms with E-state index in [0.29, 0.717) is 23.7 Å². The minimum absolute atomic E-state index is 0.0821. The van der Waals surface area contributed by atoms with Crippen molar-refractivity contribution in [2.75, 3.05) is 19.7 Å². The highest BCUT2D eigenvalue weighted by Crippen LogP contribution is 2.34. The highest BCUT2D eigenvalue weighted by molar-refractivity contribution is 7.10. The van der Waals surface area contributed by atoms with Crippen LogP contribution in [0.25, 0.3) is 0 Å². The minimum atomic E-state index is -0.480. The Bertz CT molecular complexity index is 1180. The molecule has 1 aliphatic rings. The quantitative estimate of drug-likeness (QED) is 0.371. The summed E-state index contributed by atoms with van der Waals surface area (Å²) < 4.78 is 19.8. The summed E-state index contributed by atoms with van der Waals surface area (Å²) in [5.74, 6) is -0.315. The first-order chi connectivity index (χ1) is 16.9. The summed E-state index contributed by atoms with van der Waals surface area (Å²) in [6, 6.07) is 14.3. The van der Waals surface area contributed by atoms with Crippen LogP contribution in [-0.2, 0) is 11.2 Å². The molecule has 1 aliphatic heterocycles. The SMILES string of the molecule is CC[C@@H](C)N(CC(=O)N1CCc2sccc2[C@@H]1COc1ccc(Cl)cc1)C(=O)c1cccc(F)c1. The fourth-order valence-corrected chi connectivity index (χ4v) is 5.31. The van der Waals surface area contributed by atoms with Crippen LogP contribution in [0, 0.1) is 5.82 Å². The summed E-state index contributed by atoms with van der Waals surface area (Å²) in [4.78, 5) is 31.5. The molecule has 3 aromatic rings. The van der Waals surface area contributed by atoms with Gasteiger partial charge >= 0.3 is 0 Å². The maximum absolute atomic E-state index is 13.8. The van der Waals surface area contributed by atoms with Crippen molar-refractivity contribution in [3.05, 3.63) is 86.8 Å². The number of rotatable bonds is 8. The van der Waals surface area contributed by atoms with Gasteiger partial charge in [0.15, 0.2) is 0 Å². The number of amides is 2. The molecule has 8 heteroatoms. The molecule has 2 heterocycles. The summed E-state index contributed by atoms with van der Waals surface area (Å²) in [5, 5.41) is 2.66. The van der Waals surface area contributed by atoms with Gasteiger partial charge in [-0.3, -0.25) is 9.59 Å². The summed E-state index contributed by atoms with van der Waals surface area (Å²) in [7, 11) is 0. The predicted octanol–water partition coefficient (Wildman–Crippen LogP) is 5.99. The van der Waals surface area contributed by atoms with Crippen LogP contribution in [0.1, 0.15) is 47.1 Å². The Morgan fingerprint density at radius 1 is 1.23 bits per heavy atom. The lowest BCUT2D eigenvalue weighted by Gasteiger charge is -2.38. The molecule has 1 aromatic heterocycles. The predicted molar refractivity (Wildman–Crippen MR) is 137 cm³/mol. The molecule has 0 fully saturated rings. The van der Waals surface area contributed by atoms with Crippen molar-refractivity contribution >= 4 is 34.8 Å². The molecule has 2 amide bonds. The van der Waals surface area contributed by atoms with Crippen LogP contribution in [0.4, 0.5) is 4.39 Å². The number of halogens is 2. The second kappa shape index (κ2) is 11.2. The molecule has 0 unspecified atom stereocenters. The molecule has 2 atom stereocenters. The van der Waals surface area contributed by atoms with Crippen LogP contribution in [-0.4, -0.2) is 47.4 Å². The molecule has 184 valence electrons. The first-order valence-corrected chi connectivity index (χ1v) is 12.9. The Labute approximate surface area is 214 Å². The Kier molecular flexibility index (Phi) is 8.08. The van der Waals surface area contributed by atoms with Crippen molar-refractivity contribution in [1.82, 2.24) is 9.80 Å². The van der Waals surface area contributed by atoms with Gasteiger partial charge in [-0.05, 0) is 79.2 Å². The van der Waals surface area contributed by atoms with Gasteiger partial charge in [0, 0.05) is 28.0 Å². The lowest BCUT2D eigenvalue weighted by atomic mass is 10.00. The van der Waals surface area contributed by atoms with Crippen LogP contribution in [0.5, 0.6) is 5.75 Å². The zero-order chi connectivity index (χ0) is 24.9. The summed E-state index contributed by atoms with van der Waals surface area (Å²) >= 11 is 7.66. The van der Waals surface area contributed by atoms with E-state index in [4.69, 9.17) is 16.3 Å². The molecule has 35 heavy (non-hydrogen) atoms. The highest BCUT2D eigenvalue weighted by atomic mass is 35.5. The van der Waals surface area contributed by atoms with E-state index in [9.17, 15) is 14.0 Å². The van der Waals surface area contributed by atoms with Gasteiger partial charge in [0.2, 0.25) is 5.91 Å². The average molecular weight is 515 g/mol. The van der Waals surface area contributed by atoms with Gasteiger partial charge < -0.3 is 14.5 Å². The number of carbonyl (C=O) groups is 2. The third-order valence-electron chi connectivity index (χ3n) is 6.40. The lowest BCUT2D eigenvalue weighted by molar-refractivity contribution is -0.136. The van der Waals surface area contributed by atoms with Crippen LogP contribution in [0.3, 0.4) is 0 Å². The second-order valence-corrected chi connectivity index (χ2v) is 10.1. The molecule has 4 rings (SSSR count). The molecular weight excluding hydrogens is 487 g/mol. The van der Waals surface area contributed by atoms with Crippen molar-refractivity contribution in [3.8, 4) is 5.75 Å².